The molecule has 3 aliphatic rings. The van der Waals surface area contributed by atoms with Crippen molar-refractivity contribution in [1.82, 2.24) is 0 Å². The predicted octanol–water partition coefficient (Wildman–Crippen LogP) is 7.07. The molecular formula is C19H36Sn. The Morgan fingerprint density at radius 1 is 0.400 bits per heavy atom. The topological polar surface area (TPSA) is 0 Å². The third kappa shape index (κ3) is 3.58. The summed E-state index contributed by atoms with van der Waals surface area (Å²) >= 11 is -1.86. The average Bonchev–Trinajstić information content (AvgIpc) is 2.49. The fraction of sp³-hybridized carbons (Fsp3) is 1.00. The van der Waals surface area contributed by atoms with Crippen LogP contribution in [-0.2, 0) is 0 Å². The molecule has 0 N–H and O–H groups in total. The molecule has 0 aromatic heterocycles. The second kappa shape index (κ2) is 7.88. The Morgan fingerprint density at radius 2 is 0.750 bits per heavy atom. The fourth-order valence-electron chi connectivity index (χ4n) is 6.07. The van der Waals surface area contributed by atoms with Crippen molar-refractivity contribution in [3.63, 3.8) is 0 Å². The van der Waals surface area contributed by atoms with Crippen molar-refractivity contribution in [2.75, 3.05) is 0 Å². The molecule has 2 saturated carbocycles. The van der Waals surface area contributed by atoms with E-state index in [1.54, 1.807) is 96.3 Å². The van der Waals surface area contributed by atoms with Crippen molar-refractivity contribution in [2.45, 2.75) is 113 Å². The van der Waals surface area contributed by atoms with Gasteiger partial charge >= 0.3 is 131 Å². The molecule has 3 rings (SSSR count). The molecule has 0 aromatic carbocycles. The Hall–Kier alpha value is 0.799. The third-order valence-corrected chi connectivity index (χ3v) is 27.0. The van der Waals surface area contributed by atoms with Crippen LogP contribution in [0.15, 0.2) is 0 Å². The van der Waals surface area contributed by atoms with Gasteiger partial charge in [0, 0.05) is 0 Å². The molecule has 0 aromatic rings. The maximum atomic E-state index is 1.81. The van der Waals surface area contributed by atoms with Crippen molar-refractivity contribution in [3.8, 4) is 0 Å². The first-order valence-electron chi connectivity index (χ1n) is 9.92. The quantitative estimate of drug-likeness (QED) is 0.448. The zero-order valence-electron chi connectivity index (χ0n) is 13.7. The second-order valence-electron chi connectivity index (χ2n) is 8.17. The van der Waals surface area contributed by atoms with E-state index in [4.69, 9.17) is 0 Å². The first kappa shape index (κ1) is 15.7. The van der Waals surface area contributed by atoms with Crippen LogP contribution in [0.5, 0.6) is 0 Å². The number of hydrogen-bond donors (Lipinski definition) is 0. The van der Waals surface area contributed by atoms with E-state index in [0.717, 1.165) is 0 Å². The van der Waals surface area contributed by atoms with Crippen LogP contribution < -0.4 is 0 Å². The summed E-state index contributed by atoms with van der Waals surface area (Å²) in [6.45, 7) is 0. The van der Waals surface area contributed by atoms with E-state index in [-0.39, 0.29) is 0 Å². The number of hydrogen-bond acceptors (Lipinski definition) is 0. The van der Waals surface area contributed by atoms with Gasteiger partial charge in [0.25, 0.3) is 0 Å². The van der Waals surface area contributed by atoms with Gasteiger partial charge in [-0.3, -0.25) is 0 Å². The van der Waals surface area contributed by atoms with Crippen LogP contribution in [0.2, 0.25) is 16.7 Å². The second-order valence-corrected chi connectivity index (χ2v) is 22.7. The molecule has 0 amide bonds. The van der Waals surface area contributed by atoms with Gasteiger partial charge in [0.15, 0.2) is 0 Å². The van der Waals surface area contributed by atoms with Crippen LogP contribution >= 0.6 is 0 Å². The van der Waals surface area contributed by atoms with Gasteiger partial charge in [-0.1, -0.05) is 0 Å². The Balaban J connectivity index is 1.78. The normalized spacial score (nSPS) is 30.6. The molecule has 20 heavy (non-hydrogen) atoms. The average molecular weight is 383 g/mol. The molecule has 0 radical (unpaired) electrons. The molecule has 116 valence electrons. The monoisotopic (exact) mass is 384 g/mol. The Morgan fingerprint density at radius 3 is 1.20 bits per heavy atom. The maximum absolute atomic E-state index is 1.86. The Bertz CT molecular complexity index is 245. The molecule has 3 fully saturated rings. The van der Waals surface area contributed by atoms with Gasteiger partial charge in [-0.05, 0) is 0 Å². The van der Waals surface area contributed by atoms with Crippen molar-refractivity contribution >= 4 is 18.4 Å². The summed E-state index contributed by atoms with van der Waals surface area (Å²) in [5.74, 6) is 0. The first-order chi connectivity index (χ1) is 9.92. The zero-order chi connectivity index (χ0) is 13.7. The minimum absolute atomic E-state index is 1.32. The van der Waals surface area contributed by atoms with Gasteiger partial charge in [0.05, 0.1) is 0 Å². The van der Waals surface area contributed by atoms with E-state index in [0.29, 0.717) is 0 Å². The van der Waals surface area contributed by atoms with Crippen LogP contribution in [0.25, 0.3) is 0 Å². The SMILES string of the molecule is C1CC[CH2][Sn]([CH]2CCCCC2)([CH]2CCCCC2)[CH2]CC1. The summed E-state index contributed by atoms with van der Waals surface area (Å²) in [6.07, 6.45) is 24.2. The van der Waals surface area contributed by atoms with E-state index in [9.17, 15) is 0 Å². The van der Waals surface area contributed by atoms with Crippen molar-refractivity contribution in [2.24, 2.45) is 0 Å². The van der Waals surface area contributed by atoms with E-state index in [1.165, 1.54) is 7.87 Å². The van der Waals surface area contributed by atoms with Crippen LogP contribution in [0.1, 0.15) is 96.3 Å². The van der Waals surface area contributed by atoms with Gasteiger partial charge in [0.2, 0.25) is 0 Å². The molecule has 1 heterocycles. The molecule has 1 heteroatoms. The summed E-state index contributed by atoms with van der Waals surface area (Å²) in [7, 11) is 0. The van der Waals surface area contributed by atoms with Gasteiger partial charge in [0.1, 0.15) is 0 Å². The van der Waals surface area contributed by atoms with Crippen molar-refractivity contribution in [1.29, 1.82) is 0 Å². The molecule has 1 aliphatic heterocycles. The molecule has 0 nitrogen and oxygen atoms in total. The third-order valence-electron chi connectivity index (χ3n) is 7.12. The summed E-state index contributed by atoms with van der Waals surface area (Å²) < 4.78 is 6.26. The van der Waals surface area contributed by atoms with E-state index in [1.807, 2.05) is 8.87 Å². The first-order valence-corrected chi connectivity index (χ1v) is 17.2. The molecular weight excluding hydrogens is 347 g/mol. The summed E-state index contributed by atoms with van der Waals surface area (Å²) in [5, 5.41) is 0. The predicted molar refractivity (Wildman–Crippen MR) is 92.1 cm³/mol. The van der Waals surface area contributed by atoms with E-state index >= 15 is 0 Å². The van der Waals surface area contributed by atoms with Crippen LogP contribution in [-0.4, -0.2) is 18.4 Å². The molecule has 1 saturated heterocycles. The zero-order valence-corrected chi connectivity index (χ0v) is 16.5. The van der Waals surface area contributed by atoms with E-state index < -0.39 is 18.4 Å². The van der Waals surface area contributed by atoms with Crippen LogP contribution in [0.3, 0.4) is 0 Å². The molecule has 0 atom stereocenters. The van der Waals surface area contributed by atoms with Crippen molar-refractivity contribution < 1.29 is 0 Å². The molecule has 0 unspecified atom stereocenters. The van der Waals surface area contributed by atoms with Crippen LogP contribution in [0, 0.1) is 0 Å². The van der Waals surface area contributed by atoms with Gasteiger partial charge < -0.3 is 0 Å². The minimum atomic E-state index is -1.86. The molecule has 0 bridgehead atoms. The summed E-state index contributed by atoms with van der Waals surface area (Å²) in [4.78, 5) is 0. The van der Waals surface area contributed by atoms with Crippen molar-refractivity contribution in [3.05, 3.63) is 0 Å². The van der Waals surface area contributed by atoms with Gasteiger partial charge in [-0.25, -0.2) is 0 Å². The number of rotatable bonds is 2. The van der Waals surface area contributed by atoms with Gasteiger partial charge in [-0.2, -0.15) is 0 Å². The summed E-state index contributed by atoms with van der Waals surface area (Å²) in [6, 6.07) is 0. The summed E-state index contributed by atoms with van der Waals surface area (Å²) in [5.41, 5.74) is 0. The molecule has 0 spiro atoms. The van der Waals surface area contributed by atoms with Crippen LogP contribution in [0.4, 0.5) is 0 Å². The molecule has 2 aliphatic carbocycles. The standard InChI is InChI=1S/C7H14.2C6H11.Sn/c1-3-5-7-6-4-2;2*1-2-4-6-5-3-1;/h1-7H2;2*1H,2-6H2;. The van der Waals surface area contributed by atoms with Gasteiger partial charge in [-0.15, -0.1) is 0 Å². The Kier molecular flexibility index (Phi) is 6.18. The fourth-order valence-corrected chi connectivity index (χ4v) is 27.4. The Labute approximate surface area is 131 Å². The van der Waals surface area contributed by atoms with E-state index in [2.05, 4.69) is 0 Å².